The van der Waals surface area contributed by atoms with Crippen LogP contribution in [0.1, 0.15) is 26.3 Å². The van der Waals surface area contributed by atoms with Crippen LogP contribution in [-0.2, 0) is 25.1 Å². The molecule has 0 spiro atoms. The van der Waals surface area contributed by atoms with Crippen LogP contribution in [0.25, 0.3) is 0 Å². The second-order valence-corrected chi connectivity index (χ2v) is 7.62. The van der Waals surface area contributed by atoms with Crippen LogP contribution in [-0.4, -0.2) is 32.3 Å². The van der Waals surface area contributed by atoms with E-state index in [2.05, 4.69) is 5.32 Å². The summed E-state index contributed by atoms with van der Waals surface area (Å²) in [4.78, 5) is 10.9. The predicted molar refractivity (Wildman–Crippen MR) is 83.9 cm³/mol. The Balaban J connectivity index is 2.58. The molecule has 1 rings (SSSR count). The number of nitrogens with one attached hydrogen (secondary N) is 1. The Labute approximate surface area is 131 Å². The molecule has 120 valence electrons. The van der Waals surface area contributed by atoms with Gasteiger partial charge in [-0.25, -0.2) is 8.42 Å². The molecule has 0 bridgehead atoms. The van der Waals surface area contributed by atoms with Crippen LogP contribution in [0.15, 0.2) is 24.3 Å². The quantitative estimate of drug-likeness (QED) is 0.826. The summed E-state index contributed by atoms with van der Waals surface area (Å²) in [5, 5.41) is 11.4. The van der Waals surface area contributed by atoms with Crippen molar-refractivity contribution < 1.29 is 17.9 Å². The number of benzene rings is 1. The van der Waals surface area contributed by atoms with Gasteiger partial charge in [-0.3, -0.25) is 4.79 Å². The van der Waals surface area contributed by atoms with E-state index >= 15 is 0 Å². The van der Waals surface area contributed by atoms with Crippen molar-refractivity contribution in [2.45, 2.75) is 32.1 Å². The Bertz CT molecular complexity index is 658. The molecule has 1 aromatic rings. The largest absolute Gasteiger partial charge is 0.360 e. The summed E-state index contributed by atoms with van der Waals surface area (Å²) in [6, 6.07) is 8.57. The van der Waals surface area contributed by atoms with Crippen molar-refractivity contribution >= 4 is 21.4 Å². The Morgan fingerprint density at radius 2 is 1.91 bits per heavy atom. The minimum absolute atomic E-state index is 0.0210. The third-order valence-corrected chi connectivity index (χ3v) is 4.35. The first kappa shape index (κ1) is 18.1. The van der Waals surface area contributed by atoms with Crippen molar-refractivity contribution in [2.24, 2.45) is 0 Å². The minimum Gasteiger partial charge on any atom is -0.360 e. The van der Waals surface area contributed by atoms with Crippen molar-refractivity contribution in [1.82, 2.24) is 0 Å². The molecule has 0 radical (unpaired) electrons. The van der Waals surface area contributed by atoms with Crippen LogP contribution >= 0.6 is 0 Å². The summed E-state index contributed by atoms with van der Waals surface area (Å²) >= 11 is 0. The highest BCUT2D eigenvalue weighted by Crippen LogP contribution is 2.13. The number of amides is 1. The summed E-state index contributed by atoms with van der Waals surface area (Å²) in [7, 11) is -3.32. The molecule has 0 fully saturated rings. The van der Waals surface area contributed by atoms with Crippen molar-refractivity contribution in [3.63, 3.8) is 0 Å². The maximum atomic E-state index is 12.0. The number of hydrogen-bond donors (Lipinski definition) is 1. The molecule has 0 heterocycles. The smallest absolute Gasteiger partial charge is 0.221 e. The standard InChI is InChI=1S/C15H20N2O4S/c1-12(18)17-14-6-4-13(5-7-14)10-22(19,20)9-8-21-15(2,3)11-16/h4-7H,8-10H2,1-3H3,(H,17,18). The van der Waals surface area contributed by atoms with Crippen LogP contribution in [0.4, 0.5) is 5.69 Å². The average Bonchev–Trinajstić information content (AvgIpc) is 2.39. The fraction of sp³-hybridized carbons (Fsp3) is 0.467. The van der Waals surface area contributed by atoms with Crippen LogP contribution in [0, 0.1) is 11.3 Å². The summed E-state index contributed by atoms with van der Waals surface area (Å²) in [6.45, 7) is 4.55. The van der Waals surface area contributed by atoms with Gasteiger partial charge in [0.2, 0.25) is 5.91 Å². The topological polar surface area (TPSA) is 96.3 Å². The Morgan fingerprint density at radius 1 is 1.32 bits per heavy atom. The fourth-order valence-electron chi connectivity index (χ4n) is 1.67. The highest BCUT2D eigenvalue weighted by atomic mass is 32.2. The molecule has 22 heavy (non-hydrogen) atoms. The number of hydrogen-bond acceptors (Lipinski definition) is 5. The first-order chi connectivity index (χ1) is 10.1. The average molecular weight is 324 g/mol. The van der Waals surface area contributed by atoms with Crippen LogP contribution in [0.3, 0.4) is 0 Å². The van der Waals surface area contributed by atoms with Crippen molar-refractivity contribution in [3.05, 3.63) is 29.8 Å². The number of nitrogens with zero attached hydrogens (tertiary/aromatic N) is 1. The SMILES string of the molecule is CC(=O)Nc1ccc(CS(=O)(=O)CCOC(C)(C)C#N)cc1. The lowest BCUT2D eigenvalue weighted by atomic mass is 10.2. The van der Waals surface area contributed by atoms with Crippen LogP contribution < -0.4 is 5.32 Å². The molecule has 1 aromatic carbocycles. The zero-order valence-electron chi connectivity index (χ0n) is 12.9. The molecule has 7 heteroatoms. The summed E-state index contributed by atoms with van der Waals surface area (Å²) < 4.78 is 29.2. The third-order valence-electron chi connectivity index (χ3n) is 2.79. The molecule has 0 aliphatic rings. The van der Waals surface area contributed by atoms with E-state index in [1.54, 1.807) is 38.1 Å². The van der Waals surface area contributed by atoms with Crippen LogP contribution in [0.2, 0.25) is 0 Å². The summed E-state index contributed by atoms with van der Waals surface area (Å²) in [5.74, 6) is -0.437. The maximum absolute atomic E-state index is 12.0. The van der Waals surface area contributed by atoms with Gasteiger partial charge in [0.1, 0.15) is 5.60 Å². The van der Waals surface area contributed by atoms with Gasteiger partial charge in [-0.15, -0.1) is 0 Å². The fourth-order valence-corrected chi connectivity index (χ4v) is 2.85. The molecule has 1 amide bonds. The van der Waals surface area contributed by atoms with E-state index in [4.69, 9.17) is 10.00 Å². The van der Waals surface area contributed by atoms with E-state index < -0.39 is 15.4 Å². The monoisotopic (exact) mass is 324 g/mol. The number of sulfone groups is 1. The molecular weight excluding hydrogens is 304 g/mol. The second-order valence-electron chi connectivity index (χ2n) is 5.44. The number of rotatable bonds is 7. The van der Waals surface area contributed by atoms with Gasteiger partial charge in [0, 0.05) is 12.6 Å². The van der Waals surface area contributed by atoms with Gasteiger partial charge in [-0.05, 0) is 31.5 Å². The van der Waals surface area contributed by atoms with E-state index in [1.807, 2.05) is 6.07 Å². The number of ether oxygens (including phenoxy) is 1. The van der Waals surface area contributed by atoms with Crippen molar-refractivity contribution in [3.8, 4) is 6.07 Å². The lowest BCUT2D eigenvalue weighted by Crippen LogP contribution is -2.25. The van der Waals surface area contributed by atoms with Gasteiger partial charge in [-0.2, -0.15) is 5.26 Å². The van der Waals surface area contributed by atoms with Gasteiger partial charge < -0.3 is 10.1 Å². The molecule has 0 saturated carbocycles. The first-order valence-corrected chi connectivity index (χ1v) is 8.58. The molecule has 0 unspecified atom stereocenters. The third kappa shape index (κ3) is 6.70. The van der Waals surface area contributed by atoms with E-state index in [-0.39, 0.29) is 24.0 Å². The van der Waals surface area contributed by atoms with E-state index in [9.17, 15) is 13.2 Å². The first-order valence-electron chi connectivity index (χ1n) is 6.76. The lowest BCUT2D eigenvalue weighted by molar-refractivity contribution is -0.114. The zero-order chi connectivity index (χ0) is 16.8. The Hall–Kier alpha value is -1.91. The predicted octanol–water partition coefficient (Wildman–Crippen LogP) is 1.88. The van der Waals surface area contributed by atoms with Gasteiger partial charge >= 0.3 is 0 Å². The highest BCUT2D eigenvalue weighted by Gasteiger charge is 2.19. The molecule has 0 aliphatic carbocycles. The molecule has 0 atom stereocenters. The zero-order valence-corrected chi connectivity index (χ0v) is 13.7. The Morgan fingerprint density at radius 3 is 2.41 bits per heavy atom. The number of nitriles is 1. The molecular formula is C15H20N2O4S. The van der Waals surface area contributed by atoms with Crippen molar-refractivity contribution in [1.29, 1.82) is 5.26 Å². The molecule has 6 nitrogen and oxygen atoms in total. The van der Waals surface area contributed by atoms with Gasteiger partial charge in [0.15, 0.2) is 9.84 Å². The molecule has 1 N–H and O–H groups in total. The van der Waals surface area contributed by atoms with Gasteiger partial charge in [-0.1, -0.05) is 12.1 Å². The molecule has 0 saturated heterocycles. The Kier molecular flexibility index (Phi) is 6.09. The van der Waals surface area contributed by atoms with E-state index in [0.717, 1.165) is 0 Å². The van der Waals surface area contributed by atoms with E-state index in [0.29, 0.717) is 11.3 Å². The lowest BCUT2D eigenvalue weighted by Gasteiger charge is -2.16. The molecule has 0 aromatic heterocycles. The van der Waals surface area contributed by atoms with Gasteiger partial charge in [0.05, 0.1) is 24.2 Å². The normalized spacial score (nSPS) is 11.7. The van der Waals surface area contributed by atoms with Gasteiger partial charge in [0.25, 0.3) is 0 Å². The minimum atomic E-state index is -3.32. The summed E-state index contributed by atoms with van der Waals surface area (Å²) in [5.41, 5.74) is 0.261. The number of carbonyl (C=O) groups is 1. The number of anilines is 1. The number of carbonyl (C=O) groups excluding carboxylic acids is 1. The summed E-state index contributed by atoms with van der Waals surface area (Å²) in [6.07, 6.45) is 0. The molecule has 0 aliphatic heterocycles. The van der Waals surface area contributed by atoms with Crippen LogP contribution in [0.5, 0.6) is 0 Å². The highest BCUT2D eigenvalue weighted by molar-refractivity contribution is 7.90. The van der Waals surface area contributed by atoms with Crippen molar-refractivity contribution in [2.75, 3.05) is 17.7 Å². The second kappa shape index (κ2) is 7.38. The van der Waals surface area contributed by atoms with E-state index in [1.165, 1.54) is 6.92 Å². The maximum Gasteiger partial charge on any atom is 0.221 e.